The number of carbonyl (C=O) groups excluding carboxylic acids is 1. The van der Waals surface area contributed by atoms with Gasteiger partial charge in [-0.25, -0.2) is 22.3 Å². The van der Waals surface area contributed by atoms with Crippen LogP contribution in [0, 0.1) is 23.1 Å². The van der Waals surface area contributed by atoms with Crippen LogP contribution in [-0.4, -0.2) is 42.3 Å². The van der Waals surface area contributed by atoms with Crippen LogP contribution < -0.4 is 10.6 Å². The highest BCUT2D eigenvalue weighted by atomic mass is 32.2. The zero-order chi connectivity index (χ0) is 20.1. The second-order valence-electron chi connectivity index (χ2n) is 6.68. The highest BCUT2D eigenvalue weighted by Gasteiger charge is 2.24. The number of benzene rings is 1. The molecule has 0 bridgehead atoms. The van der Waals surface area contributed by atoms with Crippen LogP contribution in [0.2, 0.25) is 0 Å². The van der Waals surface area contributed by atoms with Crippen LogP contribution >= 0.6 is 0 Å². The Morgan fingerprint density at radius 3 is 2.82 bits per heavy atom. The molecule has 28 heavy (non-hydrogen) atoms. The molecule has 0 saturated heterocycles. The van der Waals surface area contributed by atoms with Crippen LogP contribution in [0.4, 0.5) is 15.0 Å². The minimum Gasteiger partial charge on any atom is -0.337 e. The van der Waals surface area contributed by atoms with E-state index in [1.54, 1.807) is 6.07 Å². The Morgan fingerprint density at radius 1 is 1.36 bits per heavy atom. The summed E-state index contributed by atoms with van der Waals surface area (Å²) in [4.78, 5) is 11.9. The summed E-state index contributed by atoms with van der Waals surface area (Å²) in [6, 6.07) is 6.84. The second-order valence-corrected chi connectivity index (χ2v) is 8.91. The smallest absolute Gasteiger partial charge is 0.320 e. The molecule has 2 amide bonds. The van der Waals surface area contributed by atoms with Gasteiger partial charge < -0.3 is 5.32 Å². The van der Waals surface area contributed by atoms with Crippen molar-refractivity contribution in [3.05, 3.63) is 41.8 Å². The van der Waals surface area contributed by atoms with Gasteiger partial charge in [0.1, 0.15) is 17.4 Å². The number of nitriles is 1. The van der Waals surface area contributed by atoms with Gasteiger partial charge in [-0.1, -0.05) is 12.5 Å². The van der Waals surface area contributed by atoms with E-state index in [1.807, 2.05) is 0 Å². The predicted molar refractivity (Wildman–Crippen MR) is 101 cm³/mol. The standard InChI is InChI=1S/C18H20FN5O3S/c19-15-5-2-6-16(14(15)11-20)24-9-7-17(23-24)22-18(25)21-8-10-28(26,27)12-13-3-1-4-13/h2,5-7,9,13H,1,3-4,8,10,12H2,(H2,21,22,23,25). The third-order valence-corrected chi connectivity index (χ3v) is 6.40. The van der Waals surface area contributed by atoms with Crippen LogP contribution in [0.3, 0.4) is 0 Å². The van der Waals surface area contributed by atoms with Crippen molar-refractivity contribution in [3.63, 3.8) is 0 Å². The highest BCUT2D eigenvalue weighted by Crippen LogP contribution is 2.27. The van der Waals surface area contributed by atoms with Crippen molar-refractivity contribution in [2.75, 3.05) is 23.4 Å². The molecule has 1 saturated carbocycles. The average molecular weight is 405 g/mol. The van der Waals surface area contributed by atoms with Crippen molar-refractivity contribution in [1.29, 1.82) is 5.26 Å². The molecule has 1 aromatic heterocycles. The topological polar surface area (TPSA) is 117 Å². The molecule has 1 heterocycles. The summed E-state index contributed by atoms with van der Waals surface area (Å²) in [6.07, 6.45) is 4.47. The maximum absolute atomic E-state index is 13.7. The van der Waals surface area contributed by atoms with E-state index in [0.717, 1.165) is 19.3 Å². The molecule has 0 unspecified atom stereocenters. The van der Waals surface area contributed by atoms with Gasteiger partial charge in [-0.3, -0.25) is 5.32 Å². The predicted octanol–water partition coefficient (Wildman–Crippen LogP) is 2.22. The number of nitrogens with zero attached hydrogens (tertiary/aromatic N) is 3. The van der Waals surface area contributed by atoms with Crippen LogP contribution in [0.1, 0.15) is 24.8 Å². The van der Waals surface area contributed by atoms with Crippen molar-refractivity contribution in [3.8, 4) is 11.8 Å². The molecule has 148 valence electrons. The van der Waals surface area contributed by atoms with Crippen molar-refractivity contribution in [2.45, 2.75) is 19.3 Å². The Kier molecular flexibility index (Phi) is 5.94. The minimum absolute atomic E-state index is 0.00404. The Labute approximate surface area is 162 Å². The Bertz CT molecular complexity index is 1010. The number of halogens is 1. The van der Waals surface area contributed by atoms with Crippen molar-refractivity contribution in [2.24, 2.45) is 5.92 Å². The molecule has 1 fully saturated rings. The zero-order valence-corrected chi connectivity index (χ0v) is 15.9. The maximum atomic E-state index is 13.7. The molecule has 3 rings (SSSR count). The summed E-state index contributed by atoms with van der Waals surface area (Å²) in [5.74, 6) is -0.159. The van der Waals surface area contributed by atoms with Crippen LogP contribution in [0.25, 0.3) is 5.69 Å². The van der Waals surface area contributed by atoms with Gasteiger partial charge >= 0.3 is 6.03 Å². The van der Waals surface area contributed by atoms with Gasteiger partial charge in [-0.05, 0) is 30.9 Å². The first-order valence-electron chi connectivity index (χ1n) is 8.88. The second kappa shape index (κ2) is 8.39. The van der Waals surface area contributed by atoms with Crippen molar-refractivity contribution < 1.29 is 17.6 Å². The lowest BCUT2D eigenvalue weighted by Gasteiger charge is -2.24. The van der Waals surface area contributed by atoms with E-state index < -0.39 is 21.7 Å². The molecule has 1 aliphatic rings. The molecule has 2 aromatic rings. The molecular weight excluding hydrogens is 385 g/mol. The lowest BCUT2D eigenvalue weighted by Crippen LogP contribution is -2.34. The molecule has 0 atom stereocenters. The largest absolute Gasteiger partial charge is 0.337 e. The molecule has 10 heteroatoms. The lowest BCUT2D eigenvalue weighted by atomic mass is 9.87. The molecule has 1 aliphatic carbocycles. The number of carbonyl (C=O) groups is 1. The quantitative estimate of drug-likeness (QED) is 0.732. The first kappa shape index (κ1) is 19.8. The molecule has 8 nitrogen and oxygen atoms in total. The number of hydrogen-bond donors (Lipinski definition) is 2. The Hall–Kier alpha value is -2.93. The SMILES string of the molecule is N#Cc1c(F)cccc1-n1ccc(NC(=O)NCCS(=O)(=O)CC2CCC2)n1. The molecule has 0 aliphatic heterocycles. The number of nitrogens with one attached hydrogen (secondary N) is 2. The van der Waals surface area contributed by atoms with Gasteiger partial charge in [0.25, 0.3) is 0 Å². The van der Waals surface area contributed by atoms with Gasteiger partial charge in [0, 0.05) is 18.8 Å². The number of aromatic nitrogens is 2. The number of hydrogen-bond acceptors (Lipinski definition) is 5. The van der Waals surface area contributed by atoms with E-state index in [9.17, 15) is 17.6 Å². The Balaban J connectivity index is 1.53. The van der Waals surface area contributed by atoms with Crippen molar-refractivity contribution >= 4 is 21.7 Å². The fraction of sp³-hybridized carbons (Fsp3) is 0.389. The normalized spacial score (nSPS) is 14.1. The summed E-state index contributed by atoms with van der Waals surface area (Å²) < 4.78 is 38.9. The summed E-state index contributed by atoms with van der Waals surface area (Å²) in [7, 11) is -3.18. The zero-order valence-electron chi connectivity index (χ0n) is 15.1. The molecule has 2 N–H and O–H groups in total. The third kappa shape index (κ3) is 4.86. The van der Waals surface area contributed by atoms with Crippen molar-refractivity contribution in [1.82, 2.24) is 15.1 Å². The molecular formula is C18H20FN5O3S. The van der Waals surface area contributed by atoms with Gasteiger partial charge in [0.15, 0.2) is 15.7 Å². The molecule has 0 radical (unpaired) electrons. The van der Waals surface area contributed by atoms with Gasteiger partial charge in [-0.15, -0.1) is 5.10 Å². The fourth-order valence-corrected chi connectivity index (χ4v) is 4.55. The van der Waals surface area contributed by atoms with E-state index in [4.69, 9.17) is 5.26 Å². The van der Waals surface area contributed by atoms with Crippen LogP contribution in [0.5, 0.6) is 0 Å². The van der Waals surface area contributed by atoms with Crippen LogP contribution in [0.15, 0.2) is 30.5 Å². The van der Waals surface area contributed by atoms with E-state index >= 15 is 0 Å². The first-order valence-corrected chi connectivity index (χ1v) is 10.7. The minimum atomic E-state index is -3.18. The third-order valence-electron chi connectivity index (χ3n) is 4.59. The monoisotopic (exact) mass is 405 g/mol. The van der Waals surface area contributed by atoms with E-state index in [1.165, 1.54) is 35.1 Å². The van der Waals surface area contributed by atoms with Gasteiger partial charge in [0.2, 0.25) is 0 Å². The van der Waals surface area contributed by atoms with E-state index in [2.05, 4.69) is 15.7 Å². The number of urea groups is 1. The van der Waals surface area contributed by atoms with Gasteiger partial charge in [-0.2, -0.15) is 5.26 Å². The van der Waals surface area contributed by atoms with Gasteiger partial charge in [0.05, 0.1) is 17.2 Å². The number of sulfone groups is 1. The number of anilines is 1. The first-order chi connectivity index (χ1) is 13.4. The highest BCUT2D eigenvalue weighted by molar-refractivity contribution is 7.91. The number of rotatable bonds is 7. The number of amides is 2. The van der Waals surface area contributed by atoms with E-state index in [-0.39, 0.29) is 41.0 Å². The summed E-state index contributed by atoms with van der Waals surface area (Å²) >= 11 is 0. The summed E-state index contributed by atoms with van der Waals surface area (Å²) in [6.45, 7) is 0.00404. The lowest BCUT2D eigenvalue weighted by molar-refractivity contribution is 0.252. The Morgan fingerprint density at radius 2 is 2.14 bits per heavy atom. The summed E-state index contributed by atoms with van der Waals surface area (Å²) in [5, 5.41) is 18.1. The molecule has 1 aromatic carbocycles. The summed E-state index contributed by atoms with van der Waals surface area (Å²) in [5.41, 5.74) is 0.0938. The van der Waals surface area contributed by atoms with Crippen LogP contribution in [-0.2, 0) is 9.84 Å². The molecule has 0 spiro atoms. The average Bonchev–Trinajstić information content (AvgIpc) is 3.06. The van der Waals surface area contributed by atoms with E-state index in [0.29, 0.717) is 0 Å². The fourth-order valence-electron chi connectivity index (χ4n) is 2.92. The maximum Gasteiger partial charge on any atom is 0.320 e.